The lowest BCUT2D eigenvalue weighted by molar-refractivity contribution is -0.678. The minimum Gasteiger partial charge on any atom is -0.463 e. The van der Waals surface area contributed by atoms with Crippen LogP contribution in [0.1, 0.15) is 17.4 Å². The summed E-state index contributed by atoms with van der Waals surface area (Å²) in [6.07, 6.45) is 3.21. The lowest BCUT2D eigenvalue weighted by Crippen LogP contribution is -2.87. The first-order valence-electron chi connectivity index (χ1n) is 7.56. The lowest BCUT2D eigenvalue weighted by atomic mass is 10.0. The standard InChI is InChI=1S/C18H16ClN3O2/c19-18-14(8-4-10-20-18)22-16(23)12-21-17(15-9-5-11-24-15)13-6-2-1-3-7-13/h1-11,17,21H,12H2,(H,22,23)/p+1/t17-/m1/s1. The van der Waals surface area contributed by atoms with Crippen molar-refractivity contribution in [3.05, 3.63) is 83.5 Å². The van der Waals surface area contributed by atoms with Crippen molar-refractivity contribution in [1.82, 2.24) is 4.98 Å². The largest absolute Gasteiger partial charge is 0.463 e. The van der Waals surface area contributed by atoms with Crippen LogP contribution >= 0.6 is 11.6 Å². The number of halogens is 1. The lowest BCUT2D eigenvalue weighted by Gasteiger charge is -2.14. The number of hydrogen-bond acceptors (Lipinski definition) is 3. The second kappa shape index (κ2) is 7.77. The third-order valence-corrected chi connectivity index (χ3v) is 3.88. The summed E-state index contributed by atoms with van der Waals surface area (Å²) in [6, 6.07) is 17.0. The van der Waals surface area contributed by atoms with Gasteiger partial charge in [-0.15, -0.1) is 0 Å². The van der Waals surface area contributed by atoms with Crippen molar-refractivity contribution in [2.24, 2.45) is 0 Å². The fourth-order valence-corrected chi connectivity index (χ4v) is 2.62. The SMILES string of the molecule is O=C(C[NH2+][C@H](c1ccccc1)c1ccco1)Nc1cccnc1Cl. The van der Waals surface area contributed by atoms with Crippen LogP contribution < -0.4 is 10.6 Å². The monoisotopic (exact) mass is 342 g/mol. The van der Waals surface area contributed by atoms with E-state index < -0.39 is 0 Å². The average molecular weight is 343 g/mol. The molecule has 0 fully saturated rings. The molecule has 24 heavy (non-hydrogen) atoms. The molecule has 0 aliphatic carbocycles. The number of carbonyl (C=O) groups excluding carboxylic acids is 1. The number of rotatable bonds is 6. The van der Waals surface area contributed by atoms with Crippen LogP contribution in [0.25, 0.3) is 0 Å². The highest BCUT2D eigenvalue weighted by atomic mass is 35.5. The Morgan fingerprint density at radius 1 is 1.17 bits per heavy atom. The molecule has 1 atom stereocenters. The number of nitrogens with zero attached hydrogens (tertiary/aromatic N) is 1. The van der Waals surface area contributed by atoms with Gasteiger partial charge in [-0.3, -0.25) is 4.79 Å². The molecule has 0 spiro atoms. The zero-order valence-corrected chi connectivity index (χ0v) is 13.6. The maximum absolute atomic E-state index is 12.2. The smallest absolute Gasteiger partial charge is 0.279 e. The third-order valence-electron chi connectivity index (χ3n) is 3.58. The molecule has 0 radical (unpaired) electrons. The van der Waals surface area contributed by atoms with Gasteiger partial charge in [0, 0.05) is 11.8 Å². The predicted molar refractivity (Wildman–Crippen MR) is 91.7 cm³/mol. The fourth-order valence-electron chi connectivity index (χ4n) is 2.45. The number of amides is 1. The van der Waals surface area contributed by atoms with Gasteiger partial charge < -0.3 is 15.1 Å². The Morgan fingerprint density at radius 2 is 2.00 bits per heavy atom. The topological polar surface area (TPSA) is 71.7 Å². The molecular formula is C18H17ClN3O2+. The number of aromatic nitrogens is 1. The number of nitrogens with one attached hydrogen (secondary N) is 1. The molecular weight excluding hydrogens is 326 g/mol. The molecule has 2 aromatic heterocycles. The molecule has 1 amide bonds. The van der Waals surface area contributed by atoms with Gasteiger partial charge in [0.15, 0.2) is 23.5 Å². The van der Waals surface area contributed by atoms with Gasteiger partial charge >= 0.3 is 0 Å². The minimum atomic E-state index is -0.155. The third kappa shape index (κ3) is 4.01. The summed E-state index contributed by atoms with van der Waals surface area (Å²) in [5.41, 5.74) is 1.58. The molecule has 1 aromatic carbocycles. The van der Waals surface area contributed by atoms with Crippen molar-refractivity contribution >= 4 is 23.2 Å². The highest BCUT2D eigenvalue weighted by Gasteiger charge is 2.21. The number of hydrogen-bond donors (Lipinski definition) is 2. The van der Waals surface area contributed by atoms with Gasteiger partial charge in [-0.05, 0) is 24.3 Å². The number of benzene rings is 1. The maximum atomic E-state index is 12.2. The Morgan fingerprint density at radius 3 is 2.71 bits per heavy atom. The van der Waals surface area contributed by atoms with Gasteiger partial charge in [-0.1, -0.05) is 41.9 Å². The average Bonchev–Trinajstić information content (AvgIpc) is 3.12. The van der Waals surface area contributed by atoms with Crippen LogP contribution in [-0.2, 0) is 4.79 Å². The first-order chi connectivity index (χ1) is 11.7. The zero-order chi connectivity index (χ0) is 16.8. The van der Waals surface area contributed by atoms with Crippen LogP contribution in [0.2, 0.25) is 5.15 Å². The summed E-state index contributed by atoms with van der Waals surface area (Å²) in [6.45, 7) is 0.228. The first-order valence-corrected chi connectivity index (χ1v) is 7.94. The molecule has 0 saturated carbocycles. The summed E-state index contributed by atoms with van der Waals surface area (Å²) in [5.74, 6) is 0.644. The summed E-state index contributed by atoms with van der Waals surface area (Å²) in [7, 11) is 0. The van der Waals surface area contributed by atoms with Crippen LogP contribution in [0.5, 0.6) is 0 Å². The van der Waals surface area contributed by atoms with Crippen LogP contribution in [0, 0.1) is 0 Å². The highest BCUT2D eigenvalue weighted by Crippen LogP contribution is 2.19. The molecule has 2 heterocycles. The van der Waals surface area contributed by atoms with E-state index in [1.54, 1.807) is 24.6 Å². The molecule has 3 aromatic rings. The molecule has 0 aliphatic rings. The molecule has 0 saturated heterocycles. The molecule has 0 unspecified atom stereocenters. The minimum absolute atomic E-state index is 0.0867. The van der Waals surface area contributed by atoms with Crippen molar-refractivity contribution < 1.29 is 14.5 Å². The Kier molecular flexibility index (Phi) is 5.25. The van der Waals surface area contributed by atoms with Crippen LogP contribution in [0.4, 0.5) is 5.69 Å². The number of carbonyl (C=O) groups is 1. The molecule has 3 rings (SSSR count). The van der Waals surface area contributed by atoms with E-state index in [0.29, 0.717) is 5.69 Å². The van der Waals surface area contributed by atoms with E-state index in [2.05, 4.69) is 10.3 Å². The Labute approximate surface area is 144 Å². The number of nitrogens with two attached hydrogens (primary N) is 1. The van der Waals surface area contributed by atoms with Crippen molar-refractivity contribution in [3.8, 4) is 0 Å². The molecule has 6 heteroatoms. The maximum Gasteiger partial charge on any atom is 0.279 e. The summed E-state index contributed by atoms with van der Waals surface area (Å²) < 4.78 is 5.53. The van der Waals surface area contributed by atoms with Crippen LogP contribution in [0.3, 0.4) is 0 Å². The summed E-state index contributed by atoms with van der Waals surface area (Å²) >= 11 is 5.96. The Balaban J connectivity index is 1.68. The second-order valence-corrected chi connectivity index (χ2v) is 5.59. The van der Waals surface area contributed by atoms with Gasteiger partial charge in [-0.25, -0.2) is 4.98 Å². The predicted octanol–water partition coefficient (Wildman–Crippen LogP) is 2.62. The summed E-state index contributed by atoms with van der Waals surface area (Å²) in [4.78, 5) is 16.2. The Hall–Kier alpha value is -2.63. The van der Waals surface area contributed by atoms with E-state index in [-0.39, 0.29) is 23.6 Å². The first kappa shape index (κ1) is 16.2. The van der Waals surface area contributed by atoms with Crippen LogP contribution in [-0.4, -0.2) is 17.4 Å². The number of quaternary nitrogens is 1. The van der Waals surface area contributed by atoms with E-state index in [1.807, 2.05) is 47.8 Å². The van der Waals surface area contributed by atoms with Gasteiger partial charge in [0.2, 0.25) is 0 Å². The van der Waals surface area contributed by atoms with E-state index in [4.69, 9.17) is 16.0 Å². The second-order valence-electron chi connectivity index (χ2n) is 5.23. The van der Waals surface area contributed by atoms with Crippen molar-refractivity contribution in [3.63, 3.8) is 0 Å². The van der Waals surface area contributed by atoms with Gasteiger partial charge in [0.05, 0.1) is 12.0 Å². The zero-order valence-electron chi connectivity index (χ0n) is 12.9. The van der Waals surface area contributed by atoms with E-state index >= 15 is 0 Å². The molecule has 0 bridgehead atoms. The summed E-state index contributed by atoms with van der Waals surface area (Å²) in [5, 5.41) is 4.97. The molecule has 5 nitrogen and oxygen atoms in total. The molecule has 3 N–H and O–H groups in total. The van der Waals surface area contributed by atoms with Crippen molar-refractivity contribution in [2.45, 2.75) is 6.04 Å². The van der Waals surface area contributed by atoms with Crippen LogP contribution in [0.15, 0.2) is 71.5 Å². The van der Waals surface area contributed by atoms with E-state index in [9.17, 15) is 4.79 Å². The number of furan rings is 1. The van der Waals surface area contributed by atoms with Crippen molar-refractivity contribution in [2.75, 3.05) is 11.9 Å². The number of pyridine rings is 1. The molecule has 0 aliphatic heterocycles. The molecule has 122 valence electrons. The van der Waals surface area contributed by atoms with Crippen molar-refractivity contribution in [1.29, 1.82) is 0 Å². The van der Waals surface area contributed by atoms with Gasteiger partial charge in [0.1, 0.15) is 0 Å². The normalized spacial score (nSPS) is 11.9. The fraction of sp³-hybridized carbons (Fsp3) is 0.111. The number of anilines is 1. The van der Waals surface area contributed by atoms with E-state index in [0.717, 1.165) is 11.3 Å². The van der Waals surface area contributed by atoms with Gasteiger partial charge in [0.25, 0.3) is 5.91 Å². The highest BCUT2D eigenvalue weighted by molar-refractivity contribution is 6.32. The Bertz CT molecular complexity index is 791. The van der Waals surface area contributed by atoms with E-state index in [1.165, 1.54) is 0 Å². The van der Waals surface area contributed by atoms with Gasteiger partial charge in [-0.2, -0.15) is 0 Å². The quantitative estimate of drug-likeness (QED) is 0.676.